The highest BCUT2D eigenvalue weighted by atomic mass is 32.2. The summed E-state index contributed by atoms with van der Waals surface area (Å²) in [6.07, 6.45) is 3.62. The number of anilines is 1. The fraction of sp³-hybridized carbons (Fsp3) is 0.375. The second-order valence-corrected chi connectivity index (χ2v) is 6.50. The van der Waals surface area contributed by atoms with Crippen LogP contribution < -0.4 is 4.90 Å². The molecular weight excluding hydrogens is 266 g/mol. The van der Waals surface area contributed by atoms with Crippen LogP contribution in [0, 0.1) is 0 Å². The van der Waals surface area contributed by atoms with Crippen molar-refractivity contribution in [1.29, 1.82) is 0 Å². The van der Waals surface area contributed by atoms with Crippen molar-refractivity contribution in [2.75, 3.05) is 23.7 Å². The highest BCUT2D eigenvalue weighted by Gasteiger charge is 2.20. The van der Waals surface area contributed by atoms with Gasteiger partial charge in [0.15, 0.2) is 5.82 Å². The average Bonchev–Trinajstić information content (AvgIpc) is 2.96. The maximum atomic E-state index is 4.56. The molecule has 0 amide bonds. The minimum atomic E-state index is 1.06. The molecule has 3 nitrogen and oxygen atoms in total. The van der Waals surface area contributed by atoms with E-state index in [2.05, 4.69) is 45.4 Å². The van der Waals surface area contributed by atoms with E-state index in [0.29, 0.717) is 0 Å². The SMILES string of the molecule is c1ccc2c(c1)SCCc1cc(N3CCCC3)nnc1-2. The third-order valence-electron chi connectivity index (χ3n) is 4.06. The summed E-state index contributed by atoms with van der Waals surface area (Å²) in [6, 6.07) is 10.8. The summed E-state index contributed by atoms with van der Waals surface area (Å²) in [4.78, 5) is 3.69. The molecule has 0 radical (unpaired) electrons. The molecule has 0 saturated carbocycles. The van der Waals surface area contributed by atoms with Crippen molar-refractivity contribution in [2.45, 2.75) is 24.2 Å². The second kappa shape index (κ2) is 5.09. The van der Waals surface area contributed by atoms with Gasteiger partial charge >= 0.3 is 0 Å². The molecule has 0 bridgehead atoms. The van der Waals surface area contributed by atoms with Gasteiger partial charge in [-0.05, 0) is 37.0 Å². The Morgan fingerprint density at radius 2 is 1.90 bits per heavy atom. The lowest BCUT2D eigenvalue weighted by molar-refractivity contribution is 0.885. The molecule has 1 aromatic heterocycles. The number of hydrogen-bond donors (Lipinski definition) is 0. The van der Waals surface area contributed by atoms with Gasteiger partial charge < -0.3 is 4.90 Å². The van der Waals surface area contributed by atoms with Gasteiger partial charge in [-0.15, -0.1) is 22.0 Å². The van der Waals surface area contributed by atoms with Gasteiger partial charge in [0.1, 0.15) is 0 Å². The maximum Gasteiger partial charge on any atom is 0.151 e. The Labute approximate surface area is 123 Å². The fourth-order valence-corrected chi connectivity index (χ4v) is 4.03. The Kier molecular flexibility index (Phi) is 3.11. The van der Waals surface area contributed by atoms with E-state index in [9.17, 15) is 0 Å². The zero-order valence-corrected chi connectivity index (χ0v) is 12.2. The second-order valence-electron chi connectivity index (χ2n) is 5.37. The van der Waals surface area contributed by atoms with Crippen LogP contribution in [0.15, 0.2) is 35.2 Å². The molecule has 2 aromatic rings. The average molecular weight is 283 g/mol. The quantitative estimate of drug-likeness (QED) is 0.802. The molecule has 4 heteroatoms. The first-order chi connectivity index (χ1) is 9.92. The molecule has 2 aliphatic rings. The molecular formula is C16H17N3S. The van der Waals surface area contributed by atoms with Crippen LogP contribution in [0.4, 0.5) is 5.82 Å². The molecule has 0 N–H and O–H groups in total. The smallest absolute Gasteiger partial charge is 0.151 e. The van der Waals surface area contributed by atoms with Crippen LogP contribution in [0.3, 0.4) is 0 Å². The highest BCUT2D eigenvalue weighted by molar-refractivity contribution is 7.99. The van der Waals surface area contributed by atoms with Crippen LogP contribution in [0.1, 0.15) is 18.4 Å². The molecule has 2 aliphatic heterocycles. The number of nitrogens with zero attached hydrogens (tertiary/aromatic N) is 3. The van der Waals surface area contributed by atoms with Crippen molar-refractivity contribution >= 4 is 17.6 Å². The summed E-state index contributed by atoms with van der Waals surface area (Å²) in [5.74, 6) is 2.18. The Morgan fingerprint density at radius 1 is 1.05 bits per heavy atom. The number of aromatic nitrogens is 2. The lowest BCUT2D eigenvalue weighted by atomic mass is 10.0. The van der Waals surface area contributed by atoms with E-state index in [1.165, 1.54) is 28.9 Å². The lowest BCUT2D eigenvalue weighted by Crippen LogP contribution is -2.20. The zero-order valence-electron chi connectivity index (χ0n) is 11.4. The summed E-state index contributed by atoms with van der Waals surface area (Å²) in [5.41, 5.74) is 3.67. The highest BCUT2D eigenvalue weighted by Crippen LogP contribution is 2.36. The Hall–Kier alpha value is -1.55. The third kappa shape index (κ3) is 2.08. The van der Waals surface area contributed by atoms with Crippen LogP contribution in [0.2, 0.25) is 0 Å². The van der Waals surface area contributed by atoms with E-state index in [-0.39, 0.29) is 0 Å². The zero-order chi connectivity index (χ0) is 13.4. The van der Waals surface area contributed by atoms with Gasteiger partial charge in [0.05, 0.1) is 5.69 Å². The molecule has 0 spiro atoms. The molecule has 0 unspecified atom stereocenters. The molecule has 1 fully saturated rings. The van der Waals surface area contributed by atoms with Crippen molar-refractivity contribution in [3.05, 3.63) is 35.9 Å². The monoisotopic (exact) mass is 283 g/mol. The predicted molar refractivity (Wildman–Crippen MR) is 83.3 cm³/mol. The van der Waals surface area contributed by atoms with Crippen LogP contribution in [-0.2, 0) is 6.42 Å². The lowest BCUT2D eigenvalue weighted by Gasteiger charge is -2.17. The number of rotatable bonds is 1. The van der Waals surface area contributed by atoms with Crippen LogP contribution in [-0.4, -0.2) is 29.0 Å². The third-order valence-corrected chi connectivity index (χ3v) is 5.14. The predicted octanol–water partition coefficient (Wildman–Crippen LogP) is 3.39. The number of aryl methyl sites for hydroxylation is 1. The van der Waals surface area contributed by atoms with Crippen molar-refractivity contribution < 1.29 is 0 Å². The molecule has 0 aliphatic carbocycles. The Bertz CT molecular complexity index is 635. The molecule has 0 atom stereocenters. The molecule has 1 saturated heterocycles. The van der Waals surface area contributed by atoms with Gasteiger partial charge in [-0.3, -0.25) is 0 Å². The van der Waals surface area contributed by atoms with E-state index in [0.717, 1.165) is 36.8 Å². The molecule has 3 heterocycles. The van der Waals surface area contributed by atoms with Gasteiger partial charge in [0.2, 0.25) is 0 Å². The Balaban J connectivity index is 1.79. The molecule has 20 heavy (non-hydrogen) atoms. The Morgan fingerprint density at radius 3 is 2.80 bits per heavy atom. The van der Waals surface area contributed by atoms with E-state index in [1.54, 1.807) is 0 Å². The maximum absolute atomic E-state index is 4.56. The molecule has 102 valence electrons. The van der Waals surface area contributed by atoms with Gasteiger partial charge in [0, 0.05) is 29.3 Å². The number of benzene rings is 1. The first kappa shape index (κ1) is 12.2. The summed E-state index contributed by atoms with van der Waals surface area (Å²) in [7, 11) is 0. The van der Waals surface area contributed by atoms with Gasteiger partial charge in [-0.1, -0.05) is 18.2 Å². The van der Waals surface area contributed by atoms with Crippen molar-refractivity contribution in [3.8, 4) is 11.3 Å². The van der Waals surface area contributed by atoms with E-state index < -0.39 is 0 Å². The summed E-state index contributed by atoms with van der Waals surface area (Å²) in [6.45, 7) is 2.25. The standard InChI is InChI=1S/C16H17N3S/c1-2-6-14-13(5-1)16-12(7-10-20-14)11-15(17-18-16)19-8-3-4-9-19/h1-2,5-6,11H,3-4,7-10H2. The van der Waals surface area contributed by atoms with E-state index in [1.807, 2.05) is 11.8 Å². The van der Waals surface area contributed by atoms with Crippen LogP contribution in [0.5, 0.6) is 0 Å². The molecule has 1 aromatic carbocycles. The van der Waals surface area contributed by atoms with Crippen molar-refractivity contribution in [1.82, 2.24) is 10.2 Å². The first-order valence-corrected chi connectivity index (χ1v) is 8.24. The van der Waals surface area contributed by atoms with Crippen molar-refractivity contribution in [2.24, 2.45) is 0 Å². The number of hydrogen-bond acceptors (Lipinski definition) is 4. The minimum Gasteiger partial charge on any atom is -0.355 e. The van der Waals surface area contributed by atoms with Crippen molar-refractivity contribution in [3.63, 3.8) is 0 Å². The van der Waals surface area contributed by atoms with E-state index in [4.69, 9.17) is 0 Å². The van der Waals surface area contributed by atoms with Gasteiger partial charge in [-0.25, -0.2) is 0 Å². The molecule has 4 rings (SSSR count). The summed E-state index contributed by atoms with van der Waals surface area (Å²) >= 11 is 1.92. The summed E-state index contributed by atoms with van der Waals surface area (Å²) in [5, 5.41) is 9.04. The topological polar surface area (TPSA) is 29.0 Å². The number of fused-ring (bicyclic) bond motifs is 3. The van der Waals surface area contributed by atoms with E-state index >= 15 is 0 Å². The number of thioether (sulfide) groups is 1. The normalized spacial score (nSPS) is 17.5. The van der Waals surface area contributed by atoms with Gasteiger partial charge in [0.25, 0.3) is 0 Å². The van der Waals surface area contributed by atoms with Crippen LogP contribution in [0.25, 0.3) is 11.3 Å². The van der Waals surface area contributed by atoms with Gasteiger partial charge in [-0.2, -0.15) is 0 Å². The first-order valence-electron chi connectivity index (χ1n) is 7.25. The summed E-state index contributed by atoms with van der Waals surface area (Å²) < 4.78 is 0. The van der Waals surface area contributed by atoms with Crippen LogP contribution >= 0.6 is 11.8 Å². The minimum absolute atomic E-state index is 1.06. The largest absolute Gasteiger partial charge is 0.355 e. The fourth-order valence-electron chi connectivity index (χ4n) is 3.00.